The van der Waals surface area contributed by atoms with Crippen LogP contribution in [0.5, 0.6) is 5.88 Å². The van der Waals surface area contributed by atoms with E-state index in [0.717, 1.165) is 5.56 Å². The molecule has 0 amide bonds. The highest BCUT2D eigenvalue weighted by Crippen LogP contribution is 2.16. The number of methoxy groups -OCH3 is 1. The summed E-state index contributed by atoms with van der Waals surface area (Å²) in [7, 11) is 3.33. The van der Waals surface area contributed by atoms with Gasteiger partial charge < -0.3 is 9.84 Å². The number of hydrogen-bond donors (Lipinski definition) is 1. The van der Waals surface area contributed by atoms with E-state index in [2.05, 4.69) is 4.98 Å². The summed E-state index contributed by atoms with van der Waals surface area (Å²) in [5, 5.41) is 9.09. The molecule has 94 valence electrons. The number of ether oxygens (including phenoxy) is 1. The Morgan fingerprint density at radius 1 is 1.53 bits per heavy atom. The van der Waals surface area contributed by atoms with Crippen molar-refractivity contribution >= 4 is 5.97 Å². The van der Waals surface area contributed by atoms with E-state index in [0.29, 0.717) is 12.4 Å². The van der Waals surface area contributed by atoms with Crippen LogP contribution in [0.15, 0.2) is 18.3 Å². The van der Waals surface area contributed by atoms with Crippen molar-refractivity contribution in [2.24, 2.45) is 0 Å². The first-order valence-corrected chi connectivity index (χ1v) is 5.31. The molecule has 0 aliphatic rings. The third kappa shape index (κ3) is 3.17. The Morgan fingerprint density at radius 3 is 2.59 bits per heavy atom. The van der Waals surface area contributed by atoms with E-state index in [1.807, 2.05) is 6.07 Å². The fraction of sp³-hybridized carbons (Fsp3) is 0.500. The summed E-state index contributed by atoms with van der Waals surface area (Å²) in [6, 6.07) is 3.64. The molecule has 1 aromatic heterocycles. The average molecular weight is 238 g/mol. The number of likely N-dealkylation sites (N-methyl/N-ethyl adjacent to an activating group) is 1. The number of carbonyl (C=O) groups is 1. The highest BCUT2D eigenvalue weighted by atomic mass is 16.5. The molecule has 0 bridgehead atoms. The zero-order chi connectivity index (χ0) is 13.1. The minimum Gasteiger partial charge on any atom is -0.481 e. The summed E-state index contributed by atoms with van der Waals surface area (Å²) in [5.74, 6) is -0.296. The fourth-order valence-corrected chi connectivity index (χ4v) is 1.26. The number of hydrogen-bond acceptors (Lipinski definition) is 4. The maximum Gasteiger partial charge on any atom is 0.323 e. The molecule has 1 heterocycles. The normalized spacial score (nSPS) is 11.6. The molecule has 5 heteroatoms. The van der Waals surface area contributed by atoms with Crippen LogP contribution in [0.25, 0.3) is 0 Å². The summed E-state index contributed by atoms with van der Waals surface area (Å²) < 4.78 is 4.96. The molecule has 0 saturated heterocycles. The van der Waals surface area contributed by atoms with Crippen LogP contribution >= 0.6 is 0 Å². The van der Waals surface area contributed by atoms with Crippen LogP contribution in [0.1, 0.15) is 19.4 Å². The second kappa shape index (κ2) is 5.14. The molecule has 0 aliphatic carbocycles. The number of pyridine rings is 1. The first-order chi connectivity index (χ1) is 7.87. The minimum absolute atomic E-state index is 0.524. The van der Waals surface area contributed by atoms with Crippen molar-refractivity contribution in [1.29, 1.82) is 0 Å². The molecule has 0 unspecified atom stereocenters. The van der Waals surface area contributed by atoms with Crippen molar-refractivity contribution in [1.82, 2.24) is 9.88 Å². The van der Waals surface area contributed by atoms with Gasteiger partial charge in [0.25, 0.3) is 0 Å². The van der Waals surface area contributed by atoms with Crippen LogP contribution in [0.3, 0.4) is 0 Å². The van der Waals surface area contributed by atoms with Crippen LogP contribution in [0.4, 0.5) is 0 Å². The number of nitrogens with zero attached hydrogens (tertiary/aromatic N) is 2. The van der Waals surface area contributed by atoms with Crippen molar-refractivity contribution in [3.63, 3.8) is 0 Å². The van der Waals surface area contributed by atoms with E-state index in [1.165, 1.54) is 0 Å². The molecule has 5 nitrogen and oxygen atoms in total. The summed E-state index contributed by atoms with van der Waals surface area (Å²) in [4.78, 5) is 16.9. The Balaban J connectivity index is 2.74. The SMILES string of the molecule is COc1ccc(CN(C)C(C)(C)C(=O)O)cn1. The van der Waals surface area contributed by atoms with E-state index in [1.54, 1.807) is 45.2 Å². The second-order valence-electron chi connectivity index (χ2n) is 4.43. The van der Waals surface area contributed by atoms with E-state index in [4.69, 9.17) is 9.84 Å². The highest BCUT2D eigenvalue weighted by Gasteiger charge is 2.31. The molecule has 0 saturated carbocycles. The number of rotatable bonds is 5. The van der Waals surface area contributed by atoms with Crippen molar-refractivity contribution < 1.29 is 14.6 Å². The van der Waals surface area contributed by atoms with Crippen LogP contribution in [0, 0.1) is 0 Å². The molecule has 1 N–H and O–H groups in total. The van der Waals surface area contributed by atoms with Crippen molar-refractivity contribution in [3.8, 4) is 5.88 Å². The molecule has 1 aromatic rings. The quantitative estimate of drug-likeness (QED) is 0.839. The van der Waals surface area contributed by atoms with Crippen LogP contribution in [-0.4, -0.2) is 40.7 Å². The Labute approximate surface area is 101 Å². The predicted molar refractivity (Wildman–Crippen MR) is 64.0 cm³/mol. The molecule has 0 atom stereocenters. The summed E-state index contributed by atoms with van der Waals surface area (Å²) >= 11 is 0. The molecule has 1 rings (SSSR count). The molecular weight excluding hydrogens is 220 g/mol. The lowest BCUT2D eigenvalue weighted by molar-refractivity contribution is -0.148. The van der Waals surface area contributed by atoms with Crippen molar-refractivity contribution in [2.75, 3.05) is 14.2 Å². The molecule has 0 aliphatic heterocycles. The van der Waals surface area contributed by atoms with Gasteiger partial charge in [-0.15, -0.1) is 0 Å². The maximum atomic E-state index is 11.1. The van der Waals surface area contributed by atoms with E-state index in [-0.39, 0.29) is 0 Å². The van der Waals surface area contributed by atoms with Gasteiger partial charge in [0.2, 0.25) is 5.88 Å². The minimum atomic E-state index is -0.903. The molecular formula is C12H18N2O3. The number of carboxylic acids is 1. The molecule has 0 radical (unpaired) electrons. The summed E-state index contributed by atoms with van der Waals surface area (Å²) in [6.07, 6.45) is 1.69. The van der Waals surface area contributed by atoms with Gasteiger partial charge in [-0.05, 0) is 26.5 Å². The number of aromatic nitrogens is 1. The molecule has 17 heavy (non-hydrogen) atoms. The van der Waals surface area contributed by atoms with Gasteiger partial charge in [0.15, 0.2) is 0 Å². The van der Waals surface area contributed by atoms with E-state index < -0.39 is 11.5 Å². The van der Waals surface area contributed by atoms with Gasteiger partial charge in [-0.1, -0.05) is 6.07 Å². The lowest BCUT2D eigenvalue weighted by Crippen LogP contribution is -2.47. The zero-order valence-electron chi connectivity index (χ0n) is 10.6. The Kier molecular flexibility index (Phi) is 4.07. The van der Waals surface area contributed by atoms with E-state index >= 15 is 0 Å². The lowest BCUT2D eigenvalue weighted by atomic mass is 10.0. The second-order valence-corrected chi connectivity index (χ2v) is 4.43. The average Bonchev–Trinajstić information content (AvgIpc) is 2.29. The van der Waals surface area contributed by atoms with Gasteiger partial charge in [0.05, 0.1) is 7.11 Å². The highest BCUT2D eigenvalue weighted by molar-refractivity contribution is 5.77. The van der Waals surface area contributed by atoms with Crippen molar-refractivity contribution in [3.05, 3.63) is 23.9 Å². The molecule has 0 aromatic carbocycles. The largest absolute Gasteiger partial charge is 0.481 e. The number of carboxylic acid groups (broad SMARTS) is 1. The van der Waals surface area contributed by atoms with E-state index in [9.17, 15) is 4.79 Å². The van der Waals surface area contributed by atoms with Gasteiger partial charge in [-0.3, -0.25) is 9.69 Å². The Morgan fingerprint density at radius 2 is 2.18 bits per heavy atom. The first-order valence-electron chi connectivity index (χ1n) is 5.31. The Hall–Kier alpha value is -1.62. The van der Waals surface area contributed by atoms with Crippen LogP contribution in [-0.2, 0) is 11.3 Å². The smallest absolute Gasteiger partial charge is 0.323 e. The molecule has 0 spiro atoms. The monoisotopic (exact) mass is 238 g/mol. The standard InChI is InChI=1S/C12H18N2O3/c1-12(2,11(15)16)14(3)8-9-5-6-10(17-4)13-7-9/h5-7H,8H2,1-4H3,(H,15,16). The zero-order valence-corrected chi connectivity index (χ0v) is 10.6. The Bertz CT molecular complexity index is 387. The molecule has 0 fully saturated rings. The van der Waals surface area contributed by atoms with Gasteiger partial charge in [0, 0.05) is 18.8 Å². The maximum absolute atomic E-state index is 11.1. The predicted octanol–water partition coefficient (Wildman–Crippen LogP) is 1.39. The van der Waals surface area contributed by atoms with Crippen LogP contribution in [0.2, 0.25) is 0 Å². The van der Waals surface area contributed by atoms with Gasteiger partial charge in [-0.2, -0.15) is 0 Å². The topological polar surface area (TPSA) is 62.7 Å². The lowest BCUT2D eigenvalue weighted by Gasteiger charge is -2.31. The van der Waals surface area contributed by atoms with Gasteiger partial charge in [0.1, 0.15) is 5.54 Å². The van der Waals surface area contributed by atoms with Gasteiger partial charge in [-0.25, -0.2) is 4.98 Å². The fourth-order valence-electron chi connectivity index (χ4n) is 1.26. The van der Waals surface area contributed by atoms with Crippen molar-refractivity contribution in [2.45, 2.75) is 25.9 Å². The summed E-state index contributed by atoms with van der Waals surface area (Å²) in [6.45, 7) is 3.87. The third-order valence-electron chi connectivity index (χ3n) is 2.90. The number of aliphatic carboxylic acids is 1. The summed E-state index contributed by atoms with van der Waals surface area (Å²) in [5.41, 5.74) is 0.0440. The van der Waals surface area contributed by atoms with Crippen LogP contribution < -0.4 is 4.74 Å². The first kappa shape index (κ1) is 13.4. The third-order valence-corrected chi connectivity index (χ3v) is 2.90. The van der Waals surface area contributed by atoms with Gasteiger partial charge >= 0.3 is 5.97 Å².